The van der Waals surface area contributed by atoms with E-state index in [0.717, 1.165) is 12.1 Å². The van der Waals surface area contributed by atoms with Gasteiger partial charge in [-0.05, 0) is 12.1 Å². The van der Waals surface area contributed by atoms with Crippen molar-refractivity contribution in [3.8, 4) is 0 Å². The molecule has 0 aliphatic rings. The van der Waals surface area contributed by atoms with Crippen LogP contribution >= 0.6 is 0 Å². The molecule has 0 spiro atoms. The largest absolute Gasteiger partial charge is 0.448 e. The first-order chi connectivity index (χ1) is 7.13. The number of rotatable bonds is 3. The van der Waals surface area contributed by atoms with Crippen molar-refractivity contribution >= 4 is 11.8 Å². The van der Waals surface area contributed by atoms with Gasteiger partial charge in [0.05, 0.1) is 5.69 Å². The molecule has 82 valence electrons. The Hall–Kier alpha value is -1.69. The molecule has 0 heterocycles. The van der Waals surface area contributed by atoms with Gasteiger partial charge < -0.3 is 10.5 Å². The smallest absolute Gasteiger partial charge is 0.411 e. The Balaban J connectivity index is 2.60. The minimum absolute atomic E-state index is 0.0364. The number of anilines is 1. The fraction of sp³-hybridized carbons (Fsp3) is 0.222. The second kappa shape index (κ2) is 5.26. The summed E-state index contributed by atoms with van der Waals surface area (Å²) < 4.78 is 30.0. The summed E-state index contributed by atoms with van der Waals surface area (Å²) in [5.74, 6) is -1.58. The van der Waals surface area contributed by atoms with Gasteiger partial charge in [-0.25, -0.2) is 13.6 Å². The molecular weight excluding hydrogens is 206 g/mol. The molecule has 4 nitrogen and oxygen atoms in total. The average Bonchev–Trinajstić information content (AvgIpc) is 2.19. The summed E-state index contributed by atoms with van der Waals surface area (Å²) in [6, 6.07) is 2.80. The number of ether oxygens (including phenoxy) is 1. The molecule has 15 heavy (non-hydrogen) atoms. The van der Waals surface area contributed by atoms with Gasteiger partial charge in [0, 0.05) is 12.6 Å². The maximum atomic E-state index is 13.0. The SMILES string of the molecule is NCCOC(=O)Nc1ccc(F)cc1F. The normalized spacial score (nSPS) is 9.80. The lowest BCUT2D eigenvalue weighted by molar-refractivity contribution is 0.165. The highest BCUT2D eigenvalue weighted by Crippen LogP contribution is 2.14. The van der Waals surface area contributed by atoms with Crippen molar-refractivity contribution in [3.63, 3.8) is 0 Å². The highest BCUT2D eigenvalue weighted by Gasteiger charge is 2.07. The van der Waals surface area contributed by atoms with Crippen LogP contribution in [0.4, 0.5) is 19.3 Å². The summed E-state index contributed by atoms with van der Waals surface area (Å²) in [7, 11) is 0. The summed E-state index contributed by atoms with van der Waals surface area (Å²) in [6.07, 6.45) is -0.828. The maximum Gasteiger partial charge on any atom is 0.411 e. The lowest BCUT2D eigenvalue weighted by atomic mass is 10.3. The lowest BCUT2D eigenvalue weighted by Gasteiger charge is -2.06. The van der Waals surface area contributed by atoms with Gasteiger partial charge in [0.25, 0.3) is 0 Å². The van der Waals surface area contributed by atoms with E-state index in [4.69, 9.17) is 5.73 Å². The third-order valence-corrected chi connectivity index (χ3v) is 1.52. The van der Waals surface area contributed by atoms with Crippen molar-refractivity contribution in [2.75, 3.05) is 18.5 Å². The van der Waals surface area contributed by atoms with Crippen molar-refractivity contribution in [1.29, 1.82) is 0 Å². The Bertz CT molecular complexity index is 358. The first-order valence-corrected chi connectivity index (χ1v) is 4.22. The van der Waals surface area contributed by atoms with E-state index in [2.05, 4.69) is 10.1 Å². The van der Waals surface area contributed by atoms with E-state index < -0.39 is 17.7 Å². The van der Waals surface area contributed by atoms with Crippen LogP contribution in [0.1, 0.15) is 0 Å². The molecule has 1 amide bonds. The second-order valence-electron chi connectivity index (χ2n) is 2.67. The highest BCUT2D eigenvalue weighted by atomic mass is 19.1. The molecule has 0 saturated carbocycles. The molecule has 0 aliphatic carbocycles. The summed E-state index contributed by atoms with van der Waals surface area (Å²) in [5, 5.41) is 2.11. The van der Waals surface area contributed by atoms with Crippen molar-refractivity contribution in [3.05, 3.63) is 29.8 Å². The number of hydrogen-bond acceptors (Lipinski definition) is 3. The van der Waals surface area contributed by atoms with E-state index in [-0.39, 0.29) is 18.8 Å². The van der Waals surface area contributed by atoms with Crippen molar-refractivity contribution < 1.29 is 18.3 Å². The fourth-order valence-corrected chi connectivity index (χ4v) is 0.889. The Morgan fingerprint density at radius 2 is 2.20 bits per heavy atom. The van der Waals surface area contributed by atoms with E-state index in [9.17, 15) is 13.6 Å². The molecule has 0 unspecified atom stereocenters. The first-order valence-electron chi connectivity index (χ1n) is 4.22. The molecule has 0 fully saturated rings. The number of hydrogen-bond donors (Lipinski definition) is 2. The van der Waals surface area contributed by atoms with Crippen LogP contribution in [0.5, 0.6) is 0 Å². The average molecular weight is 216 g/mol. The molecule has 1 rings (SSSR count). The summed E-state index contributed by atoms with van der Waals surface area (Å²) in [5.41, 5.74) is 4.95. The van der Waals surface area contributed by atoms with E-state index >= 15 is 0 Å². The Morgan fingerprint density at radius 3 is 2.80 bits per heavy atom. The van der Waals surface area contributed by atoms with Gasteiger partial charge in [-0.3, -0.25) is 5.32 Å². The third kappa shape index (κ3) is 3.51. The van der Waals surface area contributed by atoms with E-state index in [0.29, 0.717) is 6.07 Å². The summed E-state index contributed by atoms with van der Waals surface area (Å²) >= 11 is 0. The van der Waals surface area contributed by atoms with Crippen LogP contribution in [0.2, 0.25) is 0 Å². The molecule has 0 saturated heterocycles. The van der Waals surface area contributed by atoms with Crippen LogP contribution in [0.15, 0.2) is 18.2 Å². The predicted molar refractivity (Wildman–Crippen MR) is 50.4 cm³/mol. The zero-order valence-corrected chi connectivity index (χ0v) is 7.80. The number of nitrogens with two attached hydrogens (primary N) is 1. The molecule has 0 aromatic heterocycles. The number of benzene rings is 1. The van der Waals surface area contributed by atoms with Gasteiger partial charge in [0.1, 0.15) is 18.2 Å². The second-order valence-corrected chi connectivity index (χ2v) is 2.67. The maximum absolute atomic E-state index is 13.0. The van der Waals surface area contributed by atoms with Gasteiger partial charge in [-0.15, -0.1) is 0 Å². The van der Waals surface area contributed by atoms with E-state index in [1.807, 2.05) is 0 Å². The third-order valence-electron chi connectivity index (χ3n) is 1.52. The lowest BCUT2D eigenvalue weighted by Crippen LogP contribution is -2.19. The fourth-order valence-electron chi connectivity index (χ4n) is 0.889. The van der Waals surface area contributed by atoms with Gasteiger partial charge in [-0.1, -0.05) is 0 Å². The molecule has 0 aliphatic heterocycles. The van der Waals surface area contributed by atoms with Gasteiger partial charge in [0.15, 0.2) is 0 Å². The summed E-state index contributed by atoms with van der Waals surface area (Å²) in [4.78, 5) is 11.0. The quantitative estimate of drug-likeness (QED) is 0.804. The predicted octanol–water partition coefficient (Wildman–Crippen LogP) is 1.47. The number of halogens is 2. The zero-order chi connectivity index (χ0) is 11.3. The molecular formula is C9H10F2N2O2. The number of nitrogens with one attached hydrogen (secondary N) is 1. The zero-order valence-electron chi connectivity index (χ0n) is 7.80. The number of carbonyl (C=O) groups is 1. The number of carbonyl (C=O) groups excluding carboxylic acids is 1. The molecule has 6 heteroatoms. The topological polar surface area (TPSA) is 64.3 Å². The van der Waals surface area contributed by atoms with Crippen LogP contribution in [0, 0.1) is 11.6 Å². The Labute approximate surface area is 85.0 Å². The van der Waals surface area contributed by atoms with E-state index in [1.165, 1.54) is 0 Å². The minimum atomic E-state index is -0.861. The van der Waals surface area contributed by atoms with Crippen LogP contribution in [-0.2, 0) is 4.74 Å². The van der Waals surface area contributed by atoms with Crippen molar-refractivity contribution in [2.45, 2.75) is 0 Å². The van der Waals surface area contributed by atoms with Crippen LogP contribution in [-0.4, -0.2) is 19.2 Å². The molecule has 1 aromatic carbocycles. The first kappa shape index (κ1) is 11.4. The minimum Gasteiger partial charge on any atom is -0.448 e. The summed E-state index contributed by atoms with van der Waals surface area (Å²) in [6.45, 7) is 0.216. The highest BCUT2D eigenvalue weighted by molar-refractivity contribution is 5.84. The molecule has 3 N–H and O–H groups in total. The van der Waals surface area contributed by atoms with Crippen molar-refractivity contribution in [2.24, 2.45) is 5.73 Å². The van der Waals surface area contributed by atoms with Gasteiger partial charge in [0.2, 0.25) is 0 Å². The molecule has 0 radical (unpaired) electrons. The standard InChI is InChI=1S/C9H10F2N2O2/c10-6-1-2-8(7(11)5-6)13-9(14)15-4-3-12/h1-2,5H,3-4,12H2,(H,13,14). The van der Waals surface area contributed by atoms with Crippen LogP contribution < -0.4 is 11.1 Å². The Kier molecular flexibility index (Phi) is 3.99. The van der Waals surface area contributed by atoms with Gasteiger partial charge in [-0.2, -0.15) is 0 Å². The molecule has 0 atom stereocenters. The molecule has 1 aromatic rings. The number of amides is 1. The molecule has 0 bridgehead atoms. The Morgan fingerprint density at radius 1 is 1.47 bits per heavy atom. The monoisotopic (exact) mass is 216 g/mol. The van der Waals surface area contributed by atoms with Crippen molar-refractivity contribution in [1.82, 2.24) is 0 Å². The van der Waals surface area contributed by atoms with Crippen LogP contribution in [0.3, 0.4) is 0 Å². The van der Waals surface area contributed by atoms with E-state index in [1.54, 1.807) is 0 Å². The van der Waals surface area contributed by atoms with Gasteiger partial charge >= 0.3 is 6.09 Å². The van der Waals surface area contributed by atoms with Crippen LogP contribution in [0.25, 0.3) is 0 Å².